The van der Waals surface area contributed by atoms with Crippen LogP contribution in [-0.4, -0.2) is 76.2 Å². The number of sulfone groups is 1. The molecule has 0 atom stereocenters. The molecule has 31 heavy (non-hydrogen) atoms. The standard InChI is InChI=1S/C21H35N3O5S2/c1-16-14-18(21(3,4)5)15-17(2)20(16)31(28,29)24-9-7-23(8-10-24)11-13-30(26,27)12-6-19(22)25/h14-15H,6-13H2,1-5H3,(H2,22,25). The molecular formula is C21H35N3O5S2. The number of nitrogens with zero attached hydrogens (tertiary/aromatic N) is 2. The summed E-state index contributed by atoms with van der Waals surface area (Å²) in [7, 11) is -7.00. The van der Waals surface area contributed by atoms with Crippen LogP contribution in [0, 0.1) is 13.8 Å². The maximum absolute atomic E-state index is 13.3. The first-order chi connectivity index (χ1) is 14.1. The summed E-state index contributed by atoms with van der Waals surface area (Å²) in [5.41, 5.74) is 7.54. The first kappa shape index (κ1) is 25.8. The van der Waals surface area contributed by atoms with Gasteiger partial charge in [-0.15, -0.1) is 0 Å². The summed E-state index contributed by atoms with van der Waals surface area (Å²) >= 11 is 0. The molecule has 0 saturated carbocycles. The van der Waals surface area contributed by atoms with E-state index in [9.17, 15) is 21.6 Å². The molecule has 1 fully saturated rings. The van der Waals surface area contributed by atoms with E-state index in [0.29, 0.717) is 37.6 Å². The van der Waals surface area contributed by atoms with Crippen molar-refractivity contribution in [3.05, 3.63) is 28.8 Å². The van der Waals surface area contributed by atoms with Crippen molar-refractivity contribution >= 4 is 25.8 Å². The van der Waals surface area contributed by atoms with Crippen LogP contribution in [0.3, 0.4) is 0 Å². The van der Waals surface area contributed by atoms with Crippen LogP contribution in [0.15, 0.2) is 17.0 Å². The highest BCUT2D eigenvalue weighted by molar-refractivity contribution is 7.91. The lowest BCUT2D eigenvalue weighted by atomic mass is 9.85. The second-order valence-electron chi connectivity index (χ2n) is 9.30. The van der Waals surface area contributed by atoms with Crippen molar-refractivity contribution in [2.75, 3.05) is 44.2 Å². The predicted octanol–water partition coefficient (Wildman–Crippen LogP) is 1.20. The molecule has 1 aromatic carbocycles. The Morgan fingerprint density at radius 1 is 0.968 bits per heavy atom. The van der Waals surface area contributed by atoms with Gasteiger partial charge in [0.05, 0.1) is 16.4 Å². The van der Waals surface area contributed by atoms with Crippen LogP contribution in [0.1, 0.15) is 43.9 Å². The number of carbonyl (C=O) groups is 1. The molecule has 1 aromatic rings. The van der Waals surface area contributed by atoms with Gasteiger partial charge in [-0.1, -0.05) is 32.9 Å². The average Bonchev–Trinajstić information content (AvgIpc) is 2.64. The number of sulfonamides is 1. The highest BCUT2D eigenvalue weighted by Crippen LogP contribution is 2.31. The van der Waals surface area contributed by atoms with Crippen LogP contribution in [0.2, 0.25) is 0 Å². The molecule has 0 radical (unpaired) electrons. The maximum atomic E-state index is 13.3. The lowest BCUT2D eigenvalue weighted by Gasteiger charge is -2.34. The fraction of sp³-hybridized carbons (Fsp3) is 0.667. The molecule has 0 aliphatic carbocycles. The minimum atomic E-state index is -3.63. The monoisotopic (exact) mass is 473 g/mol. The van der Waals surface area contributed by atoms with Crippen molar-refractivity contribution < 1.29 is 21.6 Å². The first-order valence-electron chi connectivity index (χ1n) is 10.5. The van der Waals surface area contributed by atoms with Gasteiger partial charge in [0.1, 0.15) is 0 Å². The summed E-state index contributed by atoms with van der Waals surface area (Å²) in [5, 5.41) is 0. The Bertz CT molecular complexity index is 997. The molecule has 1 aliphatic rings. The Morgan fingerprint density at radius 2 is 1.48 bits per heavy atom. The van der Waals surface area contributed by atoms with E-state index in [2.05, 4.69) is 20.8 Å². The predicted molar refractivity (Wildman–Crippen MR) is 122 cm³/mol. The maximum Gasteiger partial charge on any atom is 0.243 e. The van der Waals surface area contributed by atoms with E-state index >= 15 is 0 Å². The van der Waals surface area contributed by atoms with Gasteiger partial charge in [-0.05, 0) is 36.0 Å². The molecule has 1 heterocycles. The Kier molecular flexibility index (Phi) is 7.95. The van der Waals surface area contributed by atoms with E-state index in [1.807, 2.05) is 30.9 Å². The van der Waals surface area contributed by atoms with Crippen LogP contribution in [0.25, 0.3) is 0 Å². The van der Waals surface area contributed by atoms with Gasteiger partial charge in [0, 0.05) is 39.1 Å². The topological polar surface area (TPSA) is 118 Å². The van der Waals surface area contributed by atoms with Crippen molar-refractivity contribution in [3.63, 3.8) is 0 Å². The molecule has 1 amide bonds. The number of carbonyl (C=O) groups excluding carboxylic acids is 1. The summed E-state index contributed by atoms with van der Waals surface area (Å²) in [6, 6.07) is 3.90. The zero-order valence-electron chi connectivity index (χ0n) is 19.1. The van der Waals surface area contributed by atoms with E-state index in [1.165, 1.54) is 4.31 Å². The van der Waals surface area contributed by atoms with Gasteiger partial charge in [-0.3, -0.25) is 9.69 Å². The van der Waals surface area contributed by atoms with Crippen LogP contribution >= 0.6 is 0 Å². The number of aryl methyl sites for hydroxylation is 2. The summed E-state index contributed by atoms with van der Waals surface area (Å²) < 4.78 is 52.2. The Morgan fingerprint density at radius 3 is 1.94 bits per heavy atom. The van der Waals surface area contributed by atoms with Crippen molar-refractivity contribution in [1.29, 1.82) is 0 Å². The third-order valence-corrected chi connectivity index (χ3v) is 9.47. The van der Waals surface area contributed by atoms with E-state index in [-0.39, 0.29) is 23.3 Å². The van der Waals surface area contributed by atoms with E-state index in [4.69, 9.17) is 5.73 Å². The van der Waals surface area contributed by atoms with Crippen LogP contribution in [0.5, 0.6) is 0 Å². The second kappa shape index (κ2) is 9.56. The van der Waals surface area contributed by atoms with E-state index in [1.54, 1.807) is 0 Å². The zero-order valence-corrected chi connectivity index (χ0v) is 20.8. The summed E-state index contributed by atoms with van der Waals surface area (Å²) in [6.45, 7) is 11.8. The van der Waals surface area contributed by atoms with Gasteiger partial charge in [0.15, 0.2) is 9.84 Å². The molecule has 0 bridgehead atoms. The number of piperazine rings is 1. The Balaban J connectivity index is 2.05. The third-order valence-electron chi connectivity index (χ3n) is 5.63. The van der Waals surface area contributed by atoms with Gasteiger partial charge >= 0.3 is 0 Å². The molecule has 0 spiro atoms. The smallest absolute Gasteiger partial charge is 0.243 e. The van der Waals surface area contributed by atoms with Gasteiger partial charge in [0.2, 0.25) is 15.9 Å². The fourth-order valence-corrected chi connectivity index (χ4v) is 6.83. The van der Waals surface area contributed by atoms with Crippen molar-refractivity contribution in [2.45, 2.75) is 51.3 Å². The number of hydrogen-bond acceptors (Lipinski definition) is 6. The zero-order chi connectivity index (χ0) is 23.6. The fourth-order valence-electron chi connectivity index (χ4n) is 3.74. The van der Waals surface area contributed by atoms with Crippen LogP contribution < -0.4 is 5.73 Å². The Hall–Kier alpha value is -1.49. The second-order valence-corrected chi connectivity index (χ2v) is 13.5. The molecule has 10 heteroatoms. The molecular weight excluding hydrogens is 438 g/mol. The molecule has 1 aliphatic heterocycles. The lowest BCUT2D eigenvalue weighted by Crippen LogP contribution is -2.49. The SMILES string of the molecule is Cc1cc(C(C)(C)C)cc(C)c1S(=O)(=O)N1CCN(CCS(=O)(=O)CCC(N)=O)CC1. The normalized spacial score (nSPS) is 17.1. The molecule has 0 unspecified atom stereocenters. The minimum Gasteiger partial charge on any atom is -0.370 e. The summed E-state index contributed by atoms with van der Waals surface area (Å²) in [4.78, 5) is 13.1. The molecule has 8 nitrogen and oxygen atoms in total. The molecule has 176 valence electrons. The highest BCUT2D eigenvalue weighted by Gasteiger charge is 2.32. The molecule has 2 N–H and O–H groups in total. The van der Waals surface area contributed by atoms with Gasteiger partial charge in [-0.25, -0.2) is 16.8 Å². The number of rotatable bonds is 8. The van der Waals surface area contributed by atoms with E-state index < -0.39 is 25.8 Å². The van der Waals surface area contributed by atoms with Crippen LogP contribution in [-0.2, 0) is 30.1 Å². The summed E-state index contributed by atoms with van der Waals surface area (Å²) in [5.74, 6) is -0.956. The molecule has 0 aromatic heterocycles. The van der Waals surface area contributed by atoms with Crippen molar-refractivity contribution in [1.82, 2.24) is 9.21 Å². The number of nitrogens with two attached hydrogens (primary N) is 1. The van der Waals surface area contributed by atoms with Gasteiger partial charge in [-0.2, -0.15) is 4.31 Å². The number of primary amides is 1. The van der Waals surface area contributed by atoms with E-state index in [0.717, 1.165) is 16.7 Å². The minimum absolute atomic E-state index is 0.0682. The average molecular weight is 474 g/mol. The van der Waals surface area contributed by atoms with Crippen molar-refractivity contribution in [2.24, 2.45) is 5.73 Å². The number of benzene rings is 1. The summed E-state index contributed by atoms with van der Waals surface area (Å²) in [6.07, 6.45) is -0.180. The Labute approximate surface area is 186 Å². The number of hydrogen-bond donors (Lipinski definition) is 1. The highest BCUT2D eigenvalue weighted by atomic mass is 32.2. The van der Waals surface area contributed by atoms with Crippen molar-refractivity contribution in [3.8, 4) is 0 Å². The third kappa shape index (κ3) is 6.74. The quantitative estimate of drug-likeness (QED) is 0.606. The molecule has 2 rings (SSSR count). The van der Waals surface area contributed by atoms with Gasteiger partial charge in [0.25, 0.3) is 0 Å². The first-order valence-corrected chi connectivity index (χ1v) is 13.7. The lowest BCUT2D eigenvalue weighted by molar-refractivity contribution is -0.117. The van der Waals surface area contributed by atoms with Crippen LogP contribution in [0.4, 0.5) is 0 Å². The largest absolute Gasteiger partial charge is 0.370 e. The number of amides is 1. The molecule has 1 saturated heterocycles. The van der Waals surface area contributed by atoms with Gasteiger partial charge < -0.3 is 5.73 Å².